The van der Waals surface area contributed by atoms with Crippen LogP contribution in [0.25, 0.3) is 0 Å². The van der Waals surface area contributed by atoms with E-state index in [9.17, 15) is 9.59 Å². The highest BCUT2D eigenvalue weighted by molar-refractivity contribution is 9.10. The average molecular weight is 445 g/mol. The molecule has 2 aromatic rings. The fourth-order valence-corrected chi connectivity index (χ4v) is 3.30. The molecular weight excluding hydrogens is 424 g/mol. The number of carbonyl (C=O) groups excluding carboxylic acids is 2. The van der Waals surface area contributed by atoms with Crippen LogP contribution in [-0.4, -0.2) is 35.8 Å². The van der Waals surface area contributed by atoms with Gasteiger partial charge in [0, 0.05) is 17.8 Å². The number of carbonyl (C=O) groups is 2. The highest BCUT2D eigenvalue weighted by Gasteiger charge is 2.31. The van der Waals surface area contributed by atoms with Crippen molar-refractivity contribution in [3.8, 4) is 5.75 Å². The standard InChI is InChI=1S/C21H21BrN2O4/c1-3-27-21(26)13-28-18-6-4-5-16(11-18)20-12-19(23-24(20)14(2)25)15-7-9-17(22)10-8-15/h4-11,20H,3,12-13H2,1-2H3/t20-/m1/s1. The normalized spacial score (nSPS) is 15.9. The van der Waals surface area contributed by atoms with E-state index in [0.717, 1.165) is 21.3 Å². The fourth-order valence-electron chi connectivity index (χ4n) is 3.03. The predicted octanol–water partition coefficient (Wildman–Crippen LogP) is 4.09. The zero-order chi connectivity index (χ0) is 20.1. The third-order valence-corrected chi connectivity index (χ3v) is 4.84. The number of benzene rings is 2. The first-order chi connectivity index (χ1) is 13.5. The minimum absolute atomic E-state index is 0.130. The van der Waals surface area contributed by atoms with Gasteiger partial charge in [-0.3, -0.25) is 4.79 Å². The summed E-state index contributed by atoms with van der Waals surface area (Å²) in [5.41, 5.74) is 2.73. The minimum Gasteiger partial charge on any atom is -0.482 e. The van der Waals surface area contributed by atoms with Gasteiger partial charge in [-0.15, -0.1) is 0 Å². The van der Waals surface area contributed by atoms with E-state index in [1.165, 1.54) is 11.9 Å². The Bertz CT molecular complexity index is 896. The van der Waals surface area contributed by atoms with Gasteiger partial charge in [0.05, 0.1) is 18.4 Å². The molecule has 28 heavy (non-hydrogen) atoms. The van der Waals surface area contributed by atoms with Gasteiger partial charge in [0.25, 0.3) is 0 Å². The van der Waals surface area contributed by atoms with Crippen molar-refractivity contribution in [2.75, 3.05) is 13.2 Å². The van der Waals surface area contributed by atoms with E-state index in [-0.39, 0.29) is 18.6 Å². The Labute approximate surface area is 172 Å². The highest BCUT2D eigenvalue weighted by Crippen LogP contribution is 2.34. The first-order valence-corrected chi connectivity index (χ1v) is 9.79. The Morgan fingerprint density at radius 1 is 1.21 bits per heavy atom. The van der Waals surface area contributed by atoms with Gasteiger partial charge < -0.3 is 9.47 Å². The summed E-state index contributed by atoms with van der Waals surface area (Å²) in [4.78, 5) is 23.7. The van der Waals surface area contributed by atoms with Crippen LogP contribution in [0.1, 0.15) is 37.4 Å². The number of hydrogen-bond acceptors (Lipinski definition) is 5. The number of hydrogen-bond donors (Lipinski definition) is 0. The van der Waals surface area contributed by atoms with Crippen LogP contribution in [0.4, 0.5) is 0 Å². The van der Waals surface area contributed by atoms with E-state index in [4.69, 9.17) is 9.47 Å². The Kier molecular flexibility index (Phi) is 6.46. The lowest BCUT2D eigenvalue weighted by Gasteiger charge is -2.21. The molecule has 3 rings (SSSR count). The van der Waals surface area contributed by atoms with Crippen LogP contribution in [0, 0.1) is 0 Å². The third kappa shape index (κ3) is 4.78. The van der Waals surface area contributed by atoms with Crippen molar-refractivity contribution in [2.24, 2.45) is 5.10 Å². The Morgan fingerprint density at radius 2 is 1.96 bits per heavy atom. The molecule has 0 unspecified atom stereocenters. The minimum atomic E-state index is -0.417. The zero-order valence-electron chi connectivity index (χ0n) is 15.7. The molecule has 0 N–H and O–H groups in total. The lowest BCUT2D eigenvalue weighted by atomic mass is 9.98. The van der Waals surface area contributed by atoms with Gasteiger partial charge in [0.2, 0.25) is 5.91 Å². The third-order valence-electron chi connectivity index (χ3n) is 4.32. The van der Waals surface area contributed by atoms with Crippen LogP contribution < -0.4 is 4.74 Å². The van der Waals surface area contributed by atoms with E-state index >= 15 is 0 Å². The Morgan fingerprint density at radius 3 is 2.64 bits per heavy atom. The van der Waals surface area contributed by atoms with E-state index < -0.39 is 5.97 Å². The van der Waals surface area contributed by atoms with Crippen molar-refractivity contribution < 1.29 is 19.1 Å². The van der Waals surface area contributed by atoms with Crippen molar-refractivity contribution in [1.82, 2.24) is 5.01 Å². The van der Waals surface area contributed by atoms with Gasteiger partial charge in [0.15, 0.2) is 6.61 Å². The summed E-state index contributed by atoms with van der Waals surface area (Å²) in [5, 5.41) is 6.05. The molecule has 1 aliphatic rings. The molecule has 0 saturated heterocycles. The maximum absolute atomic E-state index is 12.2. The molecule has 0 aliphatic carbocycles. The van der Waals surface area contributed by atoms with Crippen LogP contribution >= 0.6 is 15.9 Å². The number of halogens is 1. The quantitative estimate of drug-likeness (QED) is 0.629. The Balaban J connectivity index is 1.78. The SMILES string of the molecule is CCOC(=O)COc1cccc([C@H]2CC(c3ccc(Br)cc3)=NN2C(C)=O)c1. The maximum Gasteiger partial charge on any atom is 0.344 e. The molecular formula is C21H21BrN2O4. The molecule has 2 aromatic carbocycles. The smallest absolute Gasteiger partial charge is 0.344 e. The lowest BCUT2D eigenvalue weighted by molar-refractivity contribution is -0.145. The van der Waals surface area contributed by atoms with Crippen LogP contribution in [0.15, 0.2) is 58.1 Å². The molecule has 1 aliphatic heterocycles. The van der Waals surface area contributed by atoms with Gasteiger partial charge in [-0.05, 0) is 42.3 Å². The number of esters is 1. The lowest BCUT2D eigenvalue weighted by Crippen LogP contribution is -2.24. The van der Waals surface area contributed by atoms with Crippen molar-refractivity contribution in [2.45, 2.75) is 26.3 Å². The van der Waals surface area contributed by atoms with Crippen molar-refractivity contribution in [3.05, 3.63) is 64.1 Å². The summed E-state index contributed by atoms with van der Waals surface area (Å²) in [7, 11) is 0. The molecule has 1 atom stereocenters. The van der Waals surface area contributed by atoms with Crippen molar-refractivity contribution >= 4 is 33.5 Å². The molecule has 0 fully saturated rings. The molecule has 0 radical (unpaired) electrons. The highest BCUT2D eigenvalue weighted by atomic mass is 79.9. The average Bonchev–Trinajstić information content (AvgIpc) is 3.13. The predicted molar refractivity (Wildman–Crippen MR) is 109 cm³/mol. The molecule has 1 heterocycles. The second kappa shape index (κ2) is 9.01. The van der Waals surface area contributed by atoms with E-state index in [1.54, 1.807) is 13.0 Å². The van der Waals surface area contributed by atoms with E-state index in [1.807, 2.05) is 42.5 Å². The van der Waals surface area contributed by atoms with E-state index in [2.05, 4.69) is 21.0 Å². The van der Waals surface area contributed by atoms with Gasteiger partial charge in [0.1, 0.15) is 5.75 Å². The number of ether oxygens (including phenoxy) is 2. The molecule has 0 spiro atoms. The van der Waals surface area contributed by atoms with Gasteiger partial charge >= 0.3 is 5.97 Å². The first kappa shape index (κ1) is 20.1. The summed E-state index contributed by atoms with van der Waals surface area (Å²) >= 11 is 3.43. The second-order valence-corrected chi connectivity index (χ2v) is 7.22. The molecule has 7 heteroatoms. The summed E-state index contributed by atoms with van der Waals surface area (Å²) in [5.74, 6) is 0.00101. The maximum atomic E-state index is 12.2. The van der Waals surface area contributed by atoms with Crippen LogP contribution in [-0.2, 0) is 14.3 Å². The summed E-state index contributed by atoms with van der Waals surface area (Å²) in [6.45, 7) is 3.41. The molecule has 146 valence electrons. The van der Waals surface area contributed by atoms with Crippen LogP contribution in [0.2, 0.25) is 0 Å². The van der Waals surface area contributed by atoms with Crippen molar-refractivity contribution in [3.63, 3.8) is 0 Å². The monoisotopic (exact) mass is 444 g/mol. The van der Waals surface area contributed by atoms with Gasteiger partial charge in [-0.25, -0.2) is 9.80 Å². The Hall–Kier alpha value is -2.67. The summed E-state index contributed by atoms with van der Waals surface area (Å²) in [6, 6.07) is 15.0. The largest absolute Gasteiger partial charge is 0.482 e. The van der Waals surface area contributed by atoms with E-state index in [0.29, 0.717) is 18.8 Å². The van der Waals surface area contributed by atoms with Crippen molar-refractivity contribution in [1.29, 1.82) is 0 Å². The summed E-state index contributed by atoms with van der Waals surface area (Å²) in [6.07, 6.45) is 0.600. The molecule has 0 aromatic heterocycles. The molecule has 1 amide bonds. The number of nitrogens with zero attached hydrogens (tertiary/aromatic N) is 2. The fraction of sp³-hybridized carbons (Fsp3) is 0.286. The second-order valence-electron chi connectivity index (χ2n) is 6.30. The molecule has 0 saturated carbocycles. The van der Waals surface area contributed by atoms with Gasteiger partial charge in [-0.2, -0.15) is 5.10 Å². The zero-order valence-corrected chi connectivity index (χ0v) is 17.3. The topological polar surface area (TPSA) is 68.2 Å². The molecule has 6 nitrogen and oxygen atoms in total. The summed E-state index contributed by atoms with van der Waals surface area (Å²) < 4.78 is 11.4. The number of hydrazone groups is 1. The number of rotatable bonds is 6. The number of amides is 1. The molecule has 0 bridgehead atoms. The van der Waals surface area contributed by atoms with Gasteiger partial charge in [-0.1, -0.05) is 40.2 Å². The van der Waals surface area contributed by atoms with Crippen LogP contribution in [0.3, 0.4) is 0 Å². The van der Waals surface area contributed by atoms with Crippen LogP contribution in [0.5, 0.6) is 5.75 Å². The first-order valence-electron chi connectivity index (χ1n) is 8.99.